The van der Waals surface area contributed by atoms with E-state index < -0.39 is 12.7 Å². The van der Waals surface area contributed by atoms with Crippen LogP contribution in [0.1, 0.15) is 0 Å². The summed E-state index contributed by atoms with van der Waals surface area (Å²) < 4.78 is 35.0. The molecule has 0 aromatic heterocycles. The van der Waals surface area contributed by atoms with Gasteiger partial charge in [0, 0.05) is 5.69 Å². The van der Waals surface area contributed by atoms with Gasteiger partial charge in [-0.05, 0) is 18.2 Å². The van der Waals surface area contributed by atoms with E-state index >= 15 is 0 Å². The number of hydrogen-bond donors (Lipinski definition) is 1. The van der Waals surface area contributed by atoms with E-state index in [2.05, 4.69) is 11.4 Å². The van der Waals surface area contributed by atoms with Gasteiger partial charge in [-0.25, -0.2) is 0 Å². The van der Waals surface area contributed by atoms with Crippen LogP contribution < -0.4 is 5.32 Å². The van der Waals surface area contributed by atoms with Crippen LogP contribution >= 0.6 is 0 Å². The molecule has 0 fully saturated rings. The highest BCUT2D eigenvalue weighted by Crippen LogP contribution is 2.15. The standard InChI is InChI=1S/C8H7F3N/c9-8(10,11)6-12-7-4-2-1-3-5-7/h1-2,4-5,12H,6H2. The Morgan fingerprint density at radius 3 is 2.67 bits per heavy atom. The maximum absolute atomic E-state index is 11.7. The van der Waals surface area contributed by atoms with E-state index in [-0.39, 0.29) is 0 Å². The number of benzene rings is 1. The van der Waals surface area contributed by atoms with Crippen molar-refractivity contribution in [1.82, 2.24) is 0 Å². The topological polar surface area (TPSA) is 12.0 Å². The summed E-state index contributed by atoms with van der Waals surface area (Å²) in [7, 11) is 0. The molecule has 0 unspecified atom stereocenters. The van der Waals surface area contributed by atoms with E-state index in [0.717, 1.165) is 0 Å². The molecule has 1 radical (unpaired) electrons. The van der Waals surface area contributed by atoms with Gasteiger partial charge in [-0.3, -0.25) is 0 Å². The molecule has 0 aliphatic rings. The van der Waals surface area contributed by atoms with Gasteiger partial charge < -0.3 is 5.32 Å². The molecule has 1 aromatic carbocycles. The lowest BCUT2D eigenvalue weighted by Crippen LogP contribution is -2.21. The van der Waals surface area contributed by atoms with Gasteiger partial charge >= 0.3 is 6.18 Å². The molecule has 1 rings (SSSR count). The summed E-state index contributed by atoms with van der Waals surface area (Å²) in [5.41, 5.74) is 0.426. The van der Waals surface area contributed by atoms with E-state index in [1.54, 1.807) is 18.2 Å². The lowest BCUT2D eigenvalue weighted by atomic mass is 10.3. The first kappa shape index (κ1) is 8.90. The molecule has 65 valence electrons. The van der Waals surface area contributed by atoms with Crippen LogP contribution in [0.4, 0.5) is 18.9 Å². The average molecular weight is 174 g/mol. The van der Waals surface area contributed by atoms with Crippen LogP contribution in [0.2, 0.25) is 0 Å². The van der Waals surface area contributed by atoms with Crippen LogP contribution in [-0.2, 0) is 0 Å². The van der Waals surface area contributed by atoms with Crippen molar-refractivity contribution in [2.45, 2.75) is 6.18 Å². The predicted molar refractivity (Wildman–Crippen MR) is 39.8 cm³/mol. The number of nitrogens with one attached hydrogen (secondary N) is 1. The normalized spacial score (nSPS) is 11.2. The van der Waals surface area contributed by atoms with Crippen LogP contribution in [0.25, 0.3) is 0 Å². The van der Waals surface area contributed by atoms with E-state index in [4.69, 9.17) is 0 Å². The zero-order chi connectivity index (χ0) is 9.03. The Hall–Kier alpha value is -1.19. The lowest BCUT2D eigenvalue weighted by Gasteiger charge is -2.08. The highest BCUT2D eigenvalue weighted by Gasteiger charge is 2.26. The summed E-state index contributed by atoms with van der Waals surface area (Å²) in [5.74, 6) is 0. The van der Waals surface area contributed by atoms with Crippen LogP contribution in [0.5, 0.6) is 0 Å². The first-order valence-electron chi connectivity index (χ1n) is 3.35. The number of hydrogen-bond acceptors (Lipinski definition) is 1. The van der Waals surface area contributed by atoms with Crippen molar-refractivity contribution >= 4 is 5.69 Å². The fourth-order valence-electron chi connectivity index (χ4n) is 0.706. The van der Waals surface area contributed by atoms with E-state index in [0.29, 0.717) is 5.69 Å². The fraction of sp³-hybridized carbons (Fsp3) is 0.250. The third kappa shape index (κ3) is 3.27. The van der Waals surface area contributed by atoms with E-state index in [1.807, 2.05) is 0 Å². The molecule has 4 heteroatoms. The Morgan fingerprint density at radius 1 is 1.42 bits per heavy atom. The van der Waals surface area contributed by atoms with Crippen LogP contribution in [0.3, 0.4) is 0 Å². The Kier molecular flexibility index (Phi) is 2.58. The predicted octanol–water partition coefficient (Wildman–Crippen LogP) is 2.46. The molecule has 0 saturated carbocycles. The molecule has 0 amide bonds. The Morgan fingerprint density at radius 2 is 2.17 bits per heavy atom. The zero-order valence-corrected chi connectivity index (χ0v) is 6.15. The third-order valence-corrected chi connectivity index (χ3v) is 1.20. The van der Waals surface area contributed by atoms with Crippen molar-refractivity contribution in [1.29, 1.82) is 0 Å². The maximum Gasteiger partial charge on any atom is 0.405 e. The molecule has 0 atom stereocenters. The second kappa shape index (κ2) is 3.47. The minimum absolute atomic E-state index is 0.426. The zero-order valence-electron chi connectivity index (χ0n) is 6.15. The van der Waals surface area contributed by atoms with Gasteiger partial charge in [0.25, 0.3) is 0 Å². The Labute approximate surface area is 68.2 Å². The van der Waals surface area contributed by atoms with Crippen LogP contribution in [-0.4, -0.2) is 12.7 Å². The van der Waals surface area contributed by atoms with Crippen molar-refractivity contribution in [3.05, 3.63) is 30.3 Å². The molecule has 1 nitrogen and oxygen atoms in total. The van der Waals surface area contributed by atoms with Gasteiger partial charge in [0.2, 0.25) is 0 Å². The second-order valence-electron chi connectivity index (χ2n) is 2.26. The summed E-state index contributed by atoms with van der Waals surface area (Å²) in [6.45, 7) is -1.01. The molecule has 0 aliphatic carbocycles. The Balaban J connectivity index is 2.44. The summed E-state index contributed by atoms with van der Waals surface area (Å²) in [5, 5.41) is 2.23. The average Bonchev–Trinajstić information content (AvgIpc) is 2.02. The first-order chi connectivity index (χ1) is 5.58. The van der Waals surface area contributed by atoms with Gasteiger partial charge in [-0.15, -0.1) is 0 Å². The first-order valence-corrected chi connectivity index (χ1v) is 3.35. The van der Waals surface area contributed by atoms with Crippen LogP contribution in [0, 0.1) is 6.07 Å². The van der Waals surface area contributed by atoms with Crippen LogP contribution in [0.15, 0.2) is 24.3 Å². The minimum Gasteiger partial charge on any atom is -0.376 e. The maximum atomic E-state index is 11.7. The molecule has 0 heterocycles. The van der Waals surface area contributed by atoms with E-state index in [9.17, 15) is 13.2 Å². The Bertz CT molecular complexity index is 230. The minimum atomic E-state index is -4.17. The van der Waals surface area contributed by atoms with Crippen molar-refractivity contribution in [2.75, 3.05) is 11.9 Å². The van der Waals surface area contributed by atoms with Crippen molar-refractivity contribution in [3.8, 4) is 0 Å². The monoisotopic (exact) mass is 174 g/mol. The summed E-state index contributed by atoms with van der Waals surface area (Å²) in [4.78, 5) is 0. The molecule has 12 heavy (non-hydrogen) atoms. The second-order valence-corrected chi connectivity index (χ2v) is 2.26. The smallest absolute Gasteiger partial charge is 0.376 e. The molecular formula is C8H7F3N. The third-order valence-electron chi connectivity index (χ3n) is 1.20. The molecule has 1 N–H and O–H groups in total. The highest BCUT2D eigenvalue weighted by atomic mass is 19.4. The summed E-state index contributed by atoms with van der Waals surface area (Å²) in [6.07, 6.45) is -4.17. The van der Waals surface area contributed by atoms with E-state index in [1.165, 1.54) is 6.07 Å². The molecule has 0 aliphatic heterocycles. The largest absolute Gasteiger partial charge is 0.405 e. The number of halogens is 3. The molecule has 1 aromatic rings. The SMILES string of the molecule is FC(F)(F)CNc1c[c]ccc1. The molecule has 0 bridgehead atoms. The summed E-state index contributed by atoms with van der Waals surface area (Å²) >= 11 is 0. The molecule has 0 spiro atoms. The fourth-order valence-corrected chi connectivity index (χ4v) is 0.706. The van der Waals surface area contributed by atoms with Crippen molar-refractivity contribution in [3.63, 3.8) is 0 Å². The quantitative estimate of drug-likeness (QED) is 0.726. The summed E-state index contributed by atoms with van der Waals surface area (Å²) in [6, 6.07) is 8.94. The van der Waals surface area contributed by atoms with Gasteiger partial charge in [0.15, 0.2) is 0 Å². The van der Waals surface area contributed by atoms with Gasteiger partial charge in [-0.1, -0.05) is 12.1 Å². The number of anilines is 1. The lowest BCUT2D eigenvalue weighted by molar-refractivity contribution is -0.115. The van der Waals surface area contributed by atoms with Gasteiger partial charge in [0.1, 0.15) is 6.54 Å². The van der Waals surface area contributed by atoms with Gasteiger partial charge in [-0.2, -0.15) is 13.2 Å². The number of alkyl halides is 3. The molecule has 0 saturated heterocycles. The van der Waals surface area contributed by atoms with Gasteiger partial charge in [0.05, 0.1) is 0 Å². The van der Waals surface area contributed by atoms with Crippen molar-refractivity contribution in [2.24, 2.45) is 0 Å². The highest BCUT2D eigenvalue weighted by molar-refractivity contribution is 5.41. The van der Waals surface area contributed by atoms with Crippen molar-refractivity contribution < 1.29 is 13.2 Å². The number of rotatable bonds is 2. The molecular weight excluding hydrogens is 167 g/mol.